The van der Waals surface area contributed by atoms with E-state index in [0.29, 0.717) is 23.4 Å². The third-order valence-electron chi connectivity index (χ3n) is 2.78. The summed E-state index contributed by atoms with van der Waals surface area (Å²) in [5.74, 6) is -0.214. The number of aromatic nitrogens is 1. The molecular weight excluding hydrogens is 251 g/mol. The van der Waals surface area contributed by atoms with Crippen LogP contribution >= 0.6 is 11.6 Å². The van der Waals surface area contributed by atoms with E-state index in [4.69, 9.17) is 17.3 Å². The molecular formula is C14H14ClFN2. The van der Waals surface area contributed by atoms with Crippen molar-refractivity contribution in [2.75, 3.05) is 0 Å². The molecule has 2 aromatic rings. The maximum absolute atomic E-state index is 13.5. The van der Waals surface area contributed by atoms with Crippen LogP contribution in [0.5, 0.6) is 0 Å². The van der Waals surface area contributed by atoms with E-state index in [1.807, 2.05) is 12.1 Å². The Hall–Kier alpha value is -1.45. The first kappa shape index (κ1) is 13.0. The van der Waals surface area contributed by atoms with Crippen LogP contribution in [0, 0.1) is 5.82 Å². The molecule has 2 rings (SSSR count). The third-order valence-corrected chi connectivity index (χ3v) is 3.12. The summed E-state index contributed by atoms with van der Waals surface area (Å²) in [5, 5.41) is 0.599. The second-order valence-corrected chi connectivity index (χ2v) is 4.63. The van der Waals surface area contributed by atoms with Crippen LogP contribution in [-0.4, -0.2) is 11.0 Å². The number of hydrogen-bond acceptors (Lipinski definition) is 2. The lowest BCUT2D eigenvalue weighted by molar-refractivity contribution is 0.584. The number of benzene rings is 1. The predicted molar refractivity (Wildman–Crippen MR) is 71.0 cm³/mol. The van der Waals surface area contributed by atoms with Gasteiger partial charge in [0.15, 0.2) is 0 Å². The van der Waals surface area contributed by atoms with E-state index in [1.165, 1.54) is 6.07 Å². The lowest BCUT2D eigenvalue weighted by Gasteiger charge is -2.13. The van der Waals surface area contributed by atoms with Crippen molar-refractivity contribution in [2.45, 2.75) is 18.9 Å². The highest BCUT2D eigenvalue weighted by Crippen LogP contribution is 2.17. The Balaban J connectivity index is 2.04. The lowest BCUT2D eigenvalue weighted by atomic mass is 10.00. The van der Waals surface area contributed by atoms with Crippen molar-refractivity contribution in [3.8, 4) is 0 Å². The normalized spacial score (nSPS) is 12.4. The Bertz CT molecular complexity index is 483. The summed E-state index contributed by atoms with van der Waals surface area (Å²) in [4.78, 5) is 3.92. The summed E-state index contributed by atoms with van der Waals surface area (Å²) in [6, 6.07) is 8.35. The van der Waals surface area contributed by atoms with E-state index >= 15 is 0 Å². The molecule has 1 unspecified atom stereocenters. The molecule has 0 radical (unpaired) electrons. The molecule has 0 spiro atoms. The van der Waals surface area contributed by atoms with Crippen molar-refractivity contribution < 1.29 is 4.39 Å². The number of nitrogens with zero attached hydrogens (tertiary/aromatic N) is 1. The Morgan fingerprint density at radius 3 is 2.61 bits per heavy atom. The minimum Gasteiger partial charge on any atom is -0.327 e. The zero-order chi connectivity index (χ0) is 13.0. The molecule has 1 atom stereocenters. The number of halogens is 2. The van der Waals surface area contributed by atoms with E-state index in [2.05, 4.69) is 4.98 Å². The topological polar surface area (TPSA) is 38.9 Å². The van der Waals surface area contributed by atoms with E-state index < -0.39 is 0 Å². The quantitative estimate of drug-likeness (QED) is 0.922. The molecule has 1 heterocycles. The van der Waals surface area contributed by atoms with Crippen molar-refractivity contribution in [1.82, 2.24) is 4.98 Å². The molecule has 0 saturated heterocycles. The van der Waals surface area contributed by atoms with Crippen molar-refractivity contribution >= 4 is 11.6 Å². The summed E-state index contributed by atoms with van der Waals surface area (Å²) in [5.41, 5.74) is 7.60. The summed E-state index contributed by atoms with van der Waals surface area (Å²) in [7, 11) is 0. The van der Waals surface area contributed by atoms with Gasteiger partial charge in [-0.1, -0.05) is 29.8 Å². The lowest BCUT2D eigenvalue weighted by Crippen LogP contribution is -2.26. The molecule has 1 aromatic carbocycles. The maximum atomic E-state index is 13.5. The molecule has 0 saturated carbocycles. The summed E-state index contributed by atoms with van der Waals surface area (Å²) < 4.78 is 13.5. The minimum absolute atomic E-state index is 0.165. The second-order valence-electron chi connectivity index (χ2n) is 4.23. The highest BCUT2D eigenvalue weighted by atomic mass is 35.5. The Morgan fingerprint density at radius 1 is 1.17 bits per heavy atom. The SMILES string of the molecule is NC(Cc1ccccc1F)Cc1ccncc1Cl. The number of pyridine rings is 1. The third kappa shape index (κ3) is 3.28. The number of nitrogens with two attached hydrogens (primary N) is 1. The summed E-state index contributed by atoms with van der Waals surface area (Å²) in [6.07, 6.45) is 4.37. The Labute approximate surface area is 111 Å². The van der Waals surface area contributed by atoms with Crippen LogP contribution in [0.1, 0.15) is 11.1 Å². The van der Waals surface area contributed by atoms with Crippen LogP contribution in [0.15, 0.2) is 42.7 Å². The van der Waals surface area contributed by atoms with Gasteiger partial charge in [0.05, 0.1) is 5.02 Å². The fourth-order valence-corrected chi connectivity index (χ4v) is 2.07. The summed E-state index contributed by atoms with van der Waals surface area (Å²) in [6.45, 7) is 0. The fourth-order valence-electron chi connectivity index (χ4n) is 1.87. The molecule has 4 heteroatoms. The van der Waals surface area contributed by atoms with Crippen LogP contribution in [0.25, 0.3) is 0 Å². The van der Waals surface area contributed by atoms with E-state index in [-0.39, 0.29) is 11.9 Å². The highest BCUT2D eigenvalue weighted by molar-refractivity contribution is 6.31. The van der Waals surface area contributed by atoms with Gasteiger partial charge in [-0.15, -0.1) is 0 Å². The van der Waals surface area contributed by atoms with Crippen molar-refractivity contribution in [3.05, 3.63) is 64.7 Å². The average molecular weight is 265 g/mol. The average Bonchev–Trinajstić information content (AvgIpc) is 2.35. The minimum atomic E-state index is -0.214. The molecule has 0 aliphatic carbocycles. The second kappa shape index (κ2) is 5.94. The molecule has 94 valence electrons. The fraction of sp³-hybridized carbons (Fsp3) is 0.214. The van der Waals surface area contributed by atoms with E-state index in [1.54, 1.807) is 24.5 Å². The van der Waals surface area contributed by atoms with Crippen LogP contribution in [0.4, 0.5) is 4.39 Å². The van der Waals surface area contributed by atoms with Gasteiger partial charge in [-0.2, -0.15) is 0 Å². The van der Waals surface area contributed by atoms with Gasteiger partial charge >= 0.3 is 0 Å². The van der Waals surface area contributed by atoms with Gasteiger partial charge in [-0.3, -0.25) is 4.98 Å². The highest BCUT2D eigenvalue weighted by Gasteiger charge is 2.10. The van der Waals surface area contributed by atoms with Gasteiger partial charge < -0.3 is 5.73 Å². The van der Waals surface area contributed by atoms with Crippen molar-refractivity contribution in [2.24, 2.45) is 5.73 Å². The Morgan fingerprint density at radius 2 is 1.89 bits per heavy atom. The molecule has 2 nitrogen and oxygen atoms in total. The zero-order valence-electron chi connectivity index (χ0n) is 9.81. The summed E-state index contributed by atoms with van der Waals surface area (Å²) >= 11 is 6.01. The van der Waals surface area contributed by atoms with Gasteiger partial charge in [0, 0.05) is 18.4 Å². The van der Waals surface area contributed by atoms with Crippen LogP contribution in [-0.2, 0) is 12.8 Å². The van der Waals surface area contributed by atoms with Gasteiger partial charge in [0.2, 0.25) is 0 Å². The zero-order valence-corrected chi connectivity index (χ0v) is 10.6. The first-order valence-corrected chi connectivity index (χ1v) is 6.12. The molecule has 2 N–H and O–H groups in total. The first-order chi connectivity index (χ1) is 8.66. The van der Waals surface area contributed by atoms with Gasteiger partial charge in [-0.25, -0.2) is 4.39 Å². The van der Waals surface area contributed by atoms with Crippen LogP contribution in [0.3, 0.4) is 0 Å². The predicted octanol–water partition coefficient (Wildman–Crippen LogP) is 2.99. The van der Waals surface area contributed by atoms with Crippen LogP contribution < -0.4 is 5.73 Å². The van der Waals surface area contributed by atoms with Crippen LogP contribution in [0.2, 0.25) is 5.02 Å². The molecule has 0 bridgehead atoms. The van der Waals surface area contributed by atoms with Crippen molar-refractivity contribution in [1.29, 1.82) is 0 Å². The van der Waals surface area contributed by atoms with Crippen molar-refractivity contribution in [3.63, 3.8) is 0 Å². The number of rotatable bonds is 4. The van der Waals surface area contributed by atoms with Gasteiger partial charge in [0.25, 0.3) is 0 Å². The van der Waals surface area contributed by atoms with Gasteiger partial charge in [0.1, 0.15) is 5.82 Å². The van der Waals surface area contributed by atoms with E-state index in [9.17, 15) is 4.39 Å². The smallest absolute Gasteiger partial charge is 0.126 e. The molecule has 0 aliphatic rings. The monoisotopic (exact) mass is 264 g/mol. The molecule has 1 aromatic heterocycles. The molecule has 0 fully saturated rings. The van der Waals surface area contributed by atoms with E-state index in [0.717, 1.165) is 5.56 Å². The molecule has 18 heavy (non-hydrogen) atoms. The molecule has 0 amide bonds. The first-order valence-electron chi connectivity index (χ1n) is 5.74. The Kier molecular flexibility index (Phi) is 4.28. The van der Waals surface area contributed by atoms with Gasteiger partial charge in [-0.05, 0) is 36.1 Å². The molecule has 0 aliphatic heterocycles. The maximum Gasteiger partial charge on any atom is 0.126 e. The standard InChI is InChI=1S/C14H14ClFN2/c15-13-9-18-6-5-10(13)7-12(17)8-11-3-1-2-4-14(11)16/h1-6,9,12H,7-8,17H2. The largest absolute Gasteiger partial charge is 0.327 e. The number of hydrogen-bond donors (Lipinski definition) is 1.